The highest BCUT2D eigenvalue weighted by Crippen LogP contribution is 2.19. The number of thioether (sulfide) groups is 1. The molecule has 0 fully saturated rings. The summed E-state index contributed by atoms with van der Waals surface area (Å²) in [5, 5.41) is 8.67. The molecule has 0 aliphatic heterocycles. The van der Waals surface area contributed by atoms with Crippen LogP contribution in [0.15, 0.2) is 66.1 Å². The van der Waals surface area contributed by atoms with E-state index in [0.29, 0.717) is 11.7 Å². The lowest BCUT2D eigenvalue weighted by atomic mass is 10.2. The Labute approximate surface area is 149 Å². The molecule has 0 unspecified atom stereocenters. The standard InChI is InChI=1S/C18H17FN4OS/c1-22(11-14-7-9-15(19)10-8-14)17(24)12-25-18-21-20-13-23(18)16-5-3-2-4-6-16/h2-10,13H,11-12H2,1H3. The molecule has 0 N–H and O–H groups in total. The molecule has 0 spiro atoms. The van der Waals surface area contributed by atoms with Gasteiger partial charge in [0, 0.05) is 19.3 Å². The second-order valence-corrected chi connectivity index (χ2v) is 6.43. The molecule has 0 bridgehead atoms. The van der Waals surface area contributed by atoms with Crippen LogP contribution in [0.1, 0.15) is 5.56 Å². The second kappa shape index (κ2) is 7.94. The third kappa shape index (κ3) is 4.45. The van der Waals surface area contributed by atoms with Crippen LogP contribution in [-0.2, 0) is 11.3 Å². The number of halogens is 1. The lowest BCUT2D eigenvalue weighted by Crippen LogP contribution is -2.27. The fourth-order valence-electron chi connectivity index (χ4n) is 2.28. The summed E-state index contributed by atoms with van der Waals surface area (Å²) in [5.41, 5.74) is 1.83. The van der Waals surface area contributed by atoms with E-state index in [4.69, 9.17) is 0 Å². The van der Waals surface area contributed by atoms with Gasteiger partial charge in [-0.1, -0.05) is 42.1 Å². The number of para-hydroxylation sites is 1. The molecule has 128 valence electrons. The molecule has 7 heteroatoms. The monoisotopic (exact) mass is 356 g/mol. The van der Waals surface area contributed by atoms with Crippen molar-refractivity contribution in [1.29, 1.82) is 0 Å². The van der Waals surface area contributed by atoms with Gasteiger partial charge in [0.2, 0.25) is 5.91 Å². The summed E-state index contributed by atoms with van der Waals surface area (Å²) in [4.78, 5) is 13.9. The first-order valence-electron chi connectivity index (χ1n) is 7.70. The predicted octanol–water partition coefficient (Wildman–Crippen LogP) is 3.16. The zero-order chi connectivity index (χ0) is 17.6. The molecule has 2 aromatic carbocycles. The lowest BCUT2D eigenvalue weighted by Gasteiger charge is -2.17. The summed E-state index contributed by atoms with van der Waals surface area (Å²) in [7, 11) is 1.73. The minimum absolute atomic E-state index is 0.0306. The van der Waals surface area contributed by atoms with E-state index >= 15 is 0 Å². The highest BCUT2D eigenvalue weighted by Gasteiger charge is 2.13. The number of nitrogens with zero attached hydrogens (tertiary/aromatic N) is 4. The van der Waals surface area contributed by atoms with Crippen molar-refractivity contribution in [1.82, 2.24) is 19.7 Å². The van der Waals surface area contributed by atoms with Crippen LogP contribution in [0.4, 0.5) is 4.39 Å². The number of hydrogen-bond acceptors (Lipinski definition) is 4. The third-order valence-electron chi connectivity index (χ3n) is 3.63. The van der Waals surface area contributed by atoms with Crippen LogP contribution in [0.2, 0.25) is 0 Å². The normalized spacial score (nSPS) is 10.6. The van der Waals surface area contributed by atoms with Crippen LogP contribution < -0.4 is 0 Å². The van der Waals surface area contributed by atoms with E-state index in [0.717, 1.165) is 11.3 Å². The van der Waals surface area contributed by atoms with Crippen molar-refractivity contribution >= 4 is 17.7 Å². The van der Waals surface area contributed by atoms with Gasteiger partial charge >= 0.3 is 0 Å². The summed E-state index contributed by atoms with van der Waals surface area (Å²) < 4.78 is 14.8. The van der Waals surface area contributed by atoms with Crippen molar-refractivity contribution in [3.8, 4) is 5.69 Å². The van der Waals surface area contributed by atoms with Gasteiger partial charge < -0.3 is 4.90 Å². The highest BCUT2D eigenvalue weighted by molar-refractivity contribution is 7.99. The molecule has 0 radical (unpaired) electrons. The summed E-state index contributed by atoms with van der Waals surface area (Å²) in [6.45, 7) is 0.436. The average Bonchev–Trinajstić information content (AvgIpc) is 3.11. The Morgan fingerprint density at radius 2 is 1.88 bits per heavy atom. The van der Waals surface area contributed by atoms with Crippen LogP contribution >= 0.6 is 11.8 Å². The number of benzene rings is 2. The SMILES string of the molecule is CN(Cc1ccc(F)cc1)C(=O)CSc1nncn1-c1ccccc1. The molecule has 1 aromatic heterocycles. The minimum Gasteiger partial charge on any atom is -0.341 e. The van der Waals surface area contributed by atoms with Crippen LogP contribution in [-0.4, -0.2) is 38.4 Å². The van der Waals surface area contributed by atoms with Crippen molar-refractivity contribution in [2.45, 2.75) is 11.7 Å². The quantitative estimate of drug-likeness (QED) is 0.637. The zero-order valence-electron chi connectivity index (χ0n) is 13.7. The summed E-state index contributed by atoms with van der Waals surface area (Å²) in [6.07, 6.45) is 1.63. The van der Waals surface area contributed by atoms with Crippen LogP contribution in [0.25, 0.3) is 5.69 Å². The molecule has 0 saturated heterocycles. The Balaban J connectivity index is 1.59. The maximum absolute atomic E-state index is 12.9. The van der Waals surface area contributed by atoms with Gasteiger partial charge in [-0.25, -0.2) is 4.39 Å². The van der Waals surface area contributed by atoms with Gasteiger partial charge in [0.1, 0.15) is 12.1 Å². The molecule has 0 aliphatic rings. The van der Waals surface area contributed by atoms with Gasteiger partial charge in [0.05, 0.1) is 5.75 Å². The van der Waals surface area contributed by atoms with E-state index < -0.39 is 0 Å². The largest absolute Gasteiger partial charge is 0.341 e. The number of rotatable bonds is 6. The topological polar surface area (TPSA) is 51.0 Å². The molecular weight excluding hydrogens is 339 g/mol. The summed E-state index contributed by atoms with van der Waals surface area (Å²) in [5.74, 6) is -0.0612. The summed E-state index contributed by atoms with van der Waals surface area (Å²) in [6, 6.07) is 15.9. The van der Waals surface area contributed by atoms with Crippen LogP contribution in [0.5, 0.6) is 0 Å². The third-order valence-corrected chi connectivity index (χ3v) is 4.56. The van der Waals surface area contributed by atoms with Crippen molar-refractivity contribution in [3.63, 3.8) is 0 Å². The number of carbonyl (C=O) groups excluding carboxylic acids is 1. The Bertz CT molecular complexity index is 836. The first kappa shape index (κ1) is 17.2. The smallest absolute Gasteiger partial charge is 0.233 e. The highest BCUT2D eigenvalue weighted by atomic mass is 32.2. The fraction of sp³-hybridized carbons (Fsp3) is 0.167. The Kier molecular flexibility index (Phi) is 5.45. The molecule has 3 rings (SSSR count). The zero-order valence-corrected chi connectivity index (χ0v) is 14.5. The molecule has 1 amide bonds. The molecule has 0 saturated carbocycles. The van der Waals surface area contributed by atoms with Gasteiger partial charge in [-0.05, 0) is 29.8 Å². The van der Waals surface area contributed by atoms with E-state index in [9.17, 15) is 9.18 Å². The maximum atomic E-state index is 12.9. The number of hydrogen-bond donors (Lipinski definition) is 0. The van der Waals surface area contributed by atoms with Gasteiger partial charge in [0.15, 0.2) is 5.16 Å². The molecule has 0 atom stereocenters. The second-order valence-electron chi connectivity index (χ2n) is 5.48. The Morgan fingerprint density at radius 3 is 2.60 bits per heavy atom. The van der Waals surface area contributed by atoms with E-state index in [1.807, 2.05) is 34.9 Å². The first-order chi connectivity index (χ1) is 12.1. The number of aromatic nitrogens is 3. The van der Waals surface area contributed by atoms with E-state index in [2.05, 4.69) is 10.2 Å². The van der Waals surface area contributed by atoms with Crippen LogP contribution in [0.3, 0.4) is 0 Å². The van der Waals surface area contributed by atoms with Gasteiger partial charge in [-0.2, -0.15) is 0 Å². The van der Waals surface area contributed by atoms with Crippen LogP contribution in [0, 0.1) is 5.82 Å². The van der Waals surface area contributed by atoms with E-state index in [-0.39, 0.29) is 17.5 Å². The Morgan fingerprint density at radius 1 is 1.16 bits per heavy atom. The first-order valence-corrected chi connectivity index (χ1v) is 8.68. The maximum Gasteiger partial charge on any atom is 0.233 e. The van der Waals surface area contributed by atoms with E-state index in [1.165, 1.54) is 23.9 Å². The van der Waals surface area contributed by atoms with Crippen molar-refractivity contribution < 1.29 is 9.18 Å². The molecule has 0 aliphatic carbocycles. The Hall–Kier alpha value is -2.67. The molecule has 25 heavy (non-hydrogen) atoms. The van der Waals surface area contributed by atoms with Gasteiger partial charge in [0.25, 0.3) is 0 Å². The predicted molar refractivity (Wildman–Crippen MR) is 95.0 cm³/mol. The van der Waals surface area contributed by atoms with Gasteiger partial charge in [-0.15, -0.1) is 10.2 Å². The van der Waals surface area contributed by atoms with Crippen molar-refractivity contribution in [2.24, 2.45) is 0 Å². The van der Waals surface area contributed by atoms with Gasteiger partial charge in [-0.3, -0.25) is 9.36 Å². The lowest BCUT2D eigenvalue weighted by molar-refractivity contribution is -0.127. The summed E-state index contributed by atoms with van der Waals surface area (Å²) >= 11 is 1.34. The fourth-order valence-corrected chi connectivity index (χ4v) is 3.15. The minimum atomic E-state index is -0.284. The van der Waals surface area contributed by atoms with Crippen molar-refractivity contribution in [3.05, 3.63) is 72.3 Å². The molecule has 3 aromatic rings. The molecule has 5 nitrogen and oxygen atoms in total. The molecular formula is C18H17FN4OS. The number of carbonyl (C=O) groups is 1. The number of amides is 1. The molecule has 1 heterocycles. The average molecular weight is 356 g/mol. The van der Waals surface area contributed by atoms with E-state index in [1.54, 1.807) is 30.4 Å². The van der Waals surface area contributed by atoms with Crippen molar-refractivity contribution in [2.75, 3.05) is 12.8 Å².